The quantitative estimate of drug-likeness (QED) is 0.166. The highest BCUT2D eigenvalue weighted by Gasteiger charge is 2.32. The first kappa shape index (κ1) is 31.2. The topological polar surface area (TPSA) is 128 Å². The number of likely N-dealkylation sites (tertiary alicyclic amines) is 1. The average Bonchev–Trinajstić information content (AvgIpc) is 3.69. The van der Waals surface area contributed by atoms with Crippen LogP contribution >= 0.6 is 11.3 Å². The van der Waals surface area contributed by atoms with E-state index in [-0.39, 0.29) is 18.7 Å². The molecule has 0 bridgehead atoms. The van der Waals surface area contributed by atoms with E-state index in [0.29, 0.717) is 32.4 Å². The fourth-order valence-electron chi connectivity index (χ4n) is 5.44. The first-order valence-corrected chi connectivity index (χ1v) is 15.6. The van der Waals surface area contributed by atoms with E-state index < -0.39 is 35.7 Å². The highest BCUT2D eigenvalue weighted by Crippen LogP contribution is 2.27. The van der Waals surface area contributed by atoms with Gasteiger partial charge in [-0.1, -0.05) is 68.3 Å². The lowest BCUT2D eigenvalue weighted by Crippen LogP contribution is -2.56. The minimum absolute atomic E-state index is 0.129. The van der Waals surface area contributed by atoms with Crippen LogP contribution in [0.25, 0.3) is 10.1 Å². The van der Waals surface area contributed by atoms with Gasteiger partial charge in [-0.3, -0.25) is 24.4 Å². The van der Waals surface area contributed by atoms with Crippen molar-refractivity contribution in [2.24, 2.45) is 5.92 Å². The second-order valence-electron chi connectivity index (χ2n) is 10.9. The van der Waals surface area contributed by atoms with E-state index in [0.717, 1.165) is 40.5 Å². The van der Waals surface area contributed by atoms with Crippen molar-refractivity contribution in [3.05, 3.63) is 71.1 Å². The zero-order valence-corrected chi connectivity index (χ0v) is 24.8. The van der Waals surface area contributed by atoms with Gasteiger partial charge in [0.2, 0.25) is 23.6 Å². The Labute approximate surface area is 250 Å². The Bertz CT molecular complexity index is 1360. The Morgan fingerprint density at radius 3 is 2.31 bits per heavy atom. The van der Waals surface area contributed by atoms with Gasteiger partial charge in [-0.2, -0.15) is 0 Å². The minimum Gasteiger partial charge on any atom is -0.344 e. The Hall–Kier alpha value is -3.76. The van der Waals surface area contributed by atoms with Crippen LogP contribution in [0.5, 0.6) is 0 Å². The number of fused-ring (bicyclic) bond motifs is 1. The van der Waals surface area contributed by atoms with Gasteiger partial charge in [-0.25, -0.2) is 5.48 Å². The van der Waals surface area contributed by atoms with Gasteiger partial charge in [0.1, 0.15) is 12.1 Å². The summed E-state index contributed by atoms with van der Waals surface area (Å²) >= 11 is 1.57. The van der Waals surface area contributed by atoms with Crippen LogP contribution in [-0.4, -0.2) is 58.9 Å². The smallest absolute Gasteiger partial charge is 0.245 e. The largest absolute Gasteiger partial charge is 0.344 e. The van der Waals surface area contributed by atoms with Crippen LogP contribution in [0.4, 0.5) is 0 Å². The number of nitrogens with zero attached hydrogens (tertiary/aromatic N) is 1. The fraction of sp³-hybridized carbons (Fsp3) is 0.438. The number of hydroxylamine groups is 1. The second-order valence-corrected chi connectivity index (χ2v) is 11.8. The Morgan fingerprint density at radius 1 is 0.905 bits per heavy atom. The highest BCUT2D eigenvalue weighted by molar-refractivity contribution is 7.17. The first-order valence-electron chi connectivity index (χ1n) is 14.7. The molecule has 0 radical (unpaired) electrons. The molecule has 1 aliphatic heterocycles. The van der Waals surface area contributed by atoms with Gasteiger partial charge in [-0.05, 0) is 47.2 Å². The van der Waals surface area contributed by atoms with Crippen LogP contribution in [0, 0.1) is 5.92 Å². The average molecular weight is 593 g/mol. The lowest BCUT2D eigenvalue weighted by Gasteiger charge is -2.27. The van der Waals surface area contributed by atoms with E-state index in [2.05, 4.69) is 10.6 Å². The molecule has 0 unspecified atom stereocenters. The van der Waals surface area contributed by atoms with E-state index in [1.165, 1.54) is 0 Å². The molecule has 9 nitrogen and oxygen atoms in total. The van der Waals surface area contributed by atoms with Gasteiger partial charge in [0.15, 0.2) is 0 Å². The number of carbonyl (C=O) groups excluding carboxylic acids is 4. The Morgan fingerprint density at radius 2 is 1.60 bits per heavy atom. The van der Waals surface area contributed by atoms with Gasteiger partial charge in [-0.15, -0.1) is 11.3 Å². The number of carbonyl (C=O) groups is 4. The number of benzene rings is 2. The third kappa shape index (κ3) is 8.39. The van der Waals surface area contributed by atoms with E-state index in [4.69, 9.17) is 5.21 Å². The molecule has 224 valence electrons. The molecule has 0 saturated carbocycles. The van der Waals surface area contributed by atoms with Crippen LogP contribution in [0.1, 0.15) is 56.6 Å². The molecule has 1 aliphatic rings. The molecule has 4 rings (SSSR count). The molecule has 0 aliphatic carbocycles. The summed E-state index contributed by atoms with van der Waals surface area (Å²) in [6, 6.07) is 15.7. The van der Waals surface area contributed by atoms with Crippen molar-refractivity contribution < 1.29 is 24.4 Å². The van der Waals surface area contributed by atoms with Crippen molar-refractivity contribution in [1.82, 2.24) is 21.0 Å². The van der Waals surface area contributed by atoms with Crippen molar-refractivity contribution in [2.45, 2.75) is 70.4 Å². The van der Waals surface area contributed by atoms with Crippen molar-refractivity contribution >= 4 is 45.1 Å². The van der Waals surface area contributed by atoms with Gasteiger partial charge in [0.25, 0.3) is 0 Å². The molecular formula is C32H40N4O5S. The van der Waals surface area contributed by atoms with Crippen molar-refractivity contribution in [3.8, 4) is 0 Å². The number of hydrogen-bond acceptors (Lipinski definition) is 6. The molecule has 4 N–H and O–H groups in total. The van der Waals surface area contributed by atoms with E-state index in [1.54, 1.807) is 21.7 Å². The van der Waals surface area contributed by atoms with E-state index in [1.807, 2.05) is 66.9 Å². The van der Waals surface area contributed by atoms with Gasteiger partial charge >= 0.3 is 0 Å². The van der Waals surface area contributed by atoms with Crippen LogP contribution in [-0.2, 0) is 32.0 Å². The molecule has 0 spiro atoms. The van der Waals surface area contributed by atoms with Gasteiger partial charge in [0.05, 0.1) is 0 Å². The maximum atomic E-state index is 14.0. The molecule has 1 saturated heterocycles. The van der Waals surface area contributed by atoms with Crippen LogP contribution < -0.4 is 16.1 Å². The standard InChI is InChI=1S/C32H40N4O5S/c1-2-3-13-23(20-29(37)35-41)30(38)33-26(19-24-21-42-28-15-8-7-14-25(24)28)31(39)34-27(18-22-11-5-4-6-12-22)32(40)36-16-9-10-17-36/h4-8,11-12,14-15,21,23,26-27,41H,2-3,9-10,13,16-20H2,1H3,(H,33,38)(H,34,39)(H,35,37)/t23-,26+,27+/m1/s1. The summed E-state index contributed by atoms with van der Waals surface area (Å²) in [5.41, 5.74) is 3.45. The third-order valence-electron chi connectivity index (χ3n) is 7.77. The number of unbranched alkanes of at least 4 members (excludes halogenated alkanes) is 1. The summed E-state index contributed by atoms with van der Waals surface area (Å²) < 4.78 is 1.07. The number of nitrogens with one attached hydrogen (secondary N) is 3. The second kappa shape index (κ2) is 15.5. The number of hydrogen-bond donors (Lipinski definition) is 4. The molecule has 1 aromatic heterocycles. The minimum atomic E-state index is -0.971. The van der Waals surface area contributed by atoms with Crippen molar-refractivity contribution in [3.63, 3.8) is 0 Å². The molecule has 3 atom stereocenters. The lowest BCUT2D eigenvalue weighted by molar-refractivity contribution is -0.138. The van der Waals surface area contributed by atoms with Crippen LogP contribution in [0.15, 0.2) is 60.0 Å². The Kier molecular flexibility index (Phi) is 11.5. The van der Waals surface area contributed by atoms with Crippen LogP contribution in [0.3, 0.4) is 0 Å². The van der Waals surface area contributed by atoms with E-state index in [9.17, 15) is 19.2 Å². The number of amides is 4. The maximum absolute atomic E-state index is 14.0. The van der Waals surface area contributed by atoms with E-state index >= 15 is 0 Å². The first-order chi connectivity index (χ1) is 20.4. The zero-order chi connectivity index (χ0) is 29.9. The normalized spacial score (nSPS) is 15.1. The number of rotatable bonds is 14. The SMILES string of the molecule is CCCC[C@H](CC(=O)NO)C(=O)N[C@@H](Cc1csc2ccccc12)C(=O)N[C@@H](Cc1ccccc1)C(=O)N1CCCC1. The molecule has 2 aromatic carbocycles. The third-order valence-corrected chi connectivity index (χ3v) is 8.78. The predicted octanol–water partition coefficient (Wildman–Crippen LogP) is 3.98. The summed E-state index contributed by atoms with van der Waals surface area (Å²) in [6.07, 6.45) is 4.22. The van der Waals surface area contributed by atoms with Gasteiger partial charge < -0.3 is 15.5 Å². The van der Waals surface area contributed by atoms with Crippen molar-refractivity contribution in [2.75, 3.05) is 13.1 Å². The van der Waals surface area contributed by atoms with Crippen LogP contribution in [0.2, 0.25) is 0 Å². The lowest BCUT2D eigenvalue weighted by atomic mass is 9.95. The monoisotopic (exact) mass is 592 g/mol. The fourth-order valence-corrected chi connectivity index (χ4v) is 6.41. The van der Waals surface area contributed by atoms with Gasteiger partial charge in [0, 0.05) is 43.0 Å². The summed E-state index contributed by atoms with van der Waals surface area (Å²) in [5, 5.41) is 17.9. The predicted molar refractivity (Wildman–Crippen MR) is 163 cm³/mol. The molecule has 3 aromatic rings. The molecule has 42 heavy (non-hydrogen) atoms. The molecule has 1 fully saturated rings. The summed E-state index contributed by atoms with van der Waals surface area (Å²) in [4.78, 5) is 54.8. The summed E-state index contributed by atoms with van der Waals surface area (Å²) in [7, 11) is 0. The molecular weight excluding hydrogens is 552 g/mol. The summed E-state index contributed by atoms with van der Waals surface area (Å²) in [5.74, 6) is -2.38. The van der Waals surface area contributed by atoms with Crippen molar-refractivity contribution in [1.29, 1.82) is 0 Å². The highest BCUT2D eigenvalue weighted by atomic mass is 32.1. The molecule has 4 amide bonds. The molecule has 10 heteroatoms. The maximum Gasteiger partial charge on any atom is 0.245 e. The Balaban J connectivity index is 1.60. The number of thiophene rings is 1. The molecule has 2 heterocycles. The summed E-state index contributed by atoms with van der Waals surface area (Å²) in [6.45, 7) is 3.31. The zero-order valence-electron chi connectivity index (χ0n) is 24.0.